The number of benzene rings is 2. The molecule has 0 aliphatic heterocycles. The first-order valence-electron chi connectivity index (χ1n) is 8.40. The summed E-state index contributed by atoms with van der Waals surface area (Å²) in [4.78, 5) is 2.47. The van der Waals surface area contributed by atoms with Crippen molar-refractivity contribution >= 4 is 0 Å². The van der Waals surface area contributed by atoms with E-state index in [9.17, 15) is 0 Å². The Hall–Kier alpha value is -1.64. The van der Waals surface area contributed by atoms with Crippen LogP contribution in [0, 0.1) is 0 Å². The molecule has 1 N–H and O–H groups in total. The van der Waals surface area contributed by atoms with Gasteiger partial charge in [0, 0.05) is 0 Å². The zero-order chi connectivity index (χ0) is 15.6. The first kappa shape index (κ1) is 16.7. The van der Waals surface area contributed by atoms with Gasteiger partial charge in [0.15, 0.2) is 0 Å². The summed E-state index contributed by atoms with van der Waals surface area (Å²) in [6, 6.07) is 21.7. The molecule has 0 amide bonds. The van der Waals surface area contributed by atoms with Crippen molar-refractivity contribution in [1.29, 1.82) is 0 Å². The highest BCUT2D eigenvalue weighted by Gasteiger charge is 2.12. The predicted molar refractivity (Wildman–Crippen MR) is 95.1 cm³/mol. The van der Waals surface area contributed by atoms with Crippen LogP contribution in [0.1, 0.15) is 37.4 Å². The molecule has 0 atom stereocenters. The van der Waals surface area contributed by atoms with Gasteiger partial charge in [-0.05, 0) is 43.7 Å². The molecule has 0 aliphatic carbocycles. The van der Waals surface area contributed by atoms with Gasteiger partial charge < -0.3 is 10.2 Å². The van der Waals surface area contributed by atoms with E-state index in [4.69, 9.17) is 0 Å². The second-order valence-electron chi connectivity index (χ2n) is 5.59. The van der Waals surface area contributed by atoms with E-state index in [1.54, 1.807) is 0 Å². The van der Waals surface area contributed by atoms with E-state index in [1.807, 2.05) is 0 Å². The Morgan fingerprint density at radius 2 is 1.32 bits per heavy atom. The summed E-state index contributed by atoms with van der Waals surface area (Å²) in [5.74, 6) is 0. The molecule has 2 rings (SSSR count). The summed E-state index contributed by atoms with van der Waals surface area (Å²) < 4.78 is 0. The summed E-state index contributed by atoms with van der Waals surface area (Å²) >= 11 is 0. The van der Waals surface area contributed by atoms with E-state index in [-0.39, 0.29) is 6.04 Å². The van der Waals surface area contributed by atoms with Crippen LogP contribution in [-0.2, 0) is 0 Å². The minimum absolute atomic E-state index is 0.277. The average Bonchev–Trinajstić information content (AvgIpc) is 2.60. The van der Waals surface area contributed by atoms with Crippen LogP contribution in [0.15, 0.2) is 60.7 Å². The number of nitrogens with zero attached hydrogens (tertiary/aromatic N) is 1. The van der Waals surface area contributed by atoms with E-state index in [0.29, 0.717) is 0 Å². The molecule has 0 saturated heterocycles. The highest BCUT2D eigenvalue weighted by molar-refractivity contribution is 5.31. The molecule has 2 heteroatoms. The number of hydrogen-bond acceptors (Lipinski definition) is 2. The quantitative estimate of drug-likeness (QED) is 0.701. The standard InChI is InChI=1S/C20H28N2/c1-3-22(4-2)17-11-16-21-20(18-12-7-5-8-13-18)19-14-9-6-10-15-19/h5-10,12-15,20-21H,3-4,11,16-17H2,1-2H3. The molecule has 2 aromatic rings. The fraction of sp³-hybridized carbons (Fsp3) is 0.400. The maximum Gasteiger partial charge on any atom is 0.0576 e. The number of hydrogen-bond donors (Lipinski definition) is 1. The van der Waals surface area contributed by atoms with Crippen molar-refractivity contribution in [2.45, 2.75) is 26.3 Å². The first-order chi connectivity index (χ1) is 10.8. The Bertz CT molecular complexity index is 466. The molecule has 0 spiro atoms. The lowest BCUT2D eigenvalue weighted by Crippen LogP contribution is -2.29. The Labute approximate surface area is 135 Å². The summed E-state index contributed by atoms with van der Waals surface area (Å²) in [5, 5.41) is 3.73. The van der Waals surface area contributed by atoms with Gasteiger partial charge in [-0.3, -0.25) is 0 Å². The van der Waals surface area contributed by atoms with Gasteiger partial charge in [-0.25, -0.2) is 0 Å². The minimum atomic E-state index is 0.277. The predicted octanol–water partition coefficient (Wildman–Crippen LogP) is 4.10. The van der Waals surface area contributed by atoms with E-state index in [2.05, 4.69) is 84.7 Å². The van der Waals surface area contributed by atoms with E-state index in [1.165, 1.54) is 17.5 Å². The maximum absolute atomic E-state index is 3.73. The van der Waals surface area contributed by atoms with Crippen molar-refractivity contribution in [1.82, 2.24) is 10.2 Å². The molecule has 0 heterocycles. The molecule has 0 unspecified atom stereocenters. The topological polar surface area (TPSA) is 15.3 Å². The smallest absolute Gasteiger partial charge is 0.0576 e. The Kier molecular flexibility index (Phi) is 7.14. The lowest BCUT2D eigenvalue weighted by molar-refractivity contribution is 0.297. The Balaban J connectivity index is 1.98. The van der Waals surface area contributed by atoms with Crippen LogP contribution in [-0.4, -0.2) is 31.1 Å². The molecule has 0 saturated carbocycles. The third kappa shape index (κ3) is 4.97. The third-order valence-corrected chi connectivity index (χ3v) is 4.16. The minimum Gasteiger partial charge on any atom is -0.306 e. The molecule has 0 aromatic heterocycles. The van der Waals surface area contributed by atoms with E-state index in [0.717, 1.165) is 26.2 Å². The molecule has 2 nitrogen and oxygen atoms in total. The summed E-state index contributed by atoms with van der Waals surface area (Å²) in [7, 11) is 0. The number of nitrogens with one attached hydrogen (secondary N) is 1. The van der Waals surface area contributed by atoms with Gasteiger partial charge in [0.25, 0.3) is 0 Å². The molecule has 2 aromatic carbocycles. The Morgan fingerprint density at radius 1 is 0.818 bits per heavy atom. The van der Waals surface area contributed by atoms with Gasteiger partial charge in [-0.1, -0.05) is 74.5 Å². The monoisotopic (exact) mass is 296 g/mol. The van der Waals surface area contributed by atoms with Gasteiger partial charge in [-0.2, -0.15) is 0 Å². The van der Waals surface area contributed by atoms with Crippen LogP contribution in [0.2, 0.25) is 0 Å². The fourth-order valence-corrected chi connectivity index (χ4v) is 2.81. The maximum atomic E-state index is 3.73. The zero-order valence-electron chi connectivity index (χ0n) is 13.8. The average molecular weight is 296 g/mol. The molecule has 0 radical (unpaired) electrons. The van der Waals surface area contributed by atoms with Crippen LogP contribution in [0.4, 0.5) is 0 Å². The van der Waals surface area contributed by atoms with Gasteiger partial charge in [0.05, 0.1) is 6.04 Å². The van der Waals surface area contributed by atoms with Crippen LogP contribution < -0.4 is 5.32 Å². The largest absolute Gasteiger partial charge is 0.306 e. The lowest BCUT2D eigenvalue weighted by Gasteiger charge is -2.22. The first-order valence-corrected chi connectivity index (χ1v) is 8.40. The summed E-state index contributed by atoms with van der Waals surface area (Å²) in [6.07, 6.45) is 1.18. The highest BCUT2D eigenvalue weighted by Crippen LogP contribution is 2.21. The summed E-state index contributed by atoms with van der Waals surface area (Å²) in [6.45, 7) is 8.93. The lowest BCUT2D eigenvalue weighted by atomic mass is 9.98. The van der Waals surface area contributed by atoms with Crippen LogP contribution >= 0.6 is 0 Å². The van der Waals surface area contributed by atoms with Crippen LogP contribution in [0.25, 0.3) is 0 Å². The summed E-state index contributed by atoms with van der Waals surface area (Å²) in [5.41, 5.74) is 2.66. The van der Waals surface area contributed by atoms with Gasteiger partial charge >= 0.3 is 0 Å². The zero-order valence-corrected chi connectivity index (χ0v) is 13.8. The van der Waals surface area contributed by atoms with Crippen LogP contribution in [0.5, 0.6) is 0 Å². The molecular formula is C20H28N2. The number of rotatable bonds is 9. The highest BCUT2D eigenvalue weighted by atomic mass is 15.1. The molecular weight excluding hydrogens is 268 g/mol. The molecule has 22 heavy (non-hydrogen) atoms. The van der Waals surface area contributed by atoms with E-state index < -0.39 is 0 Å². The van der Waals surface area contributed by atoms with Crippen molar-refractivity contribution in [2.24, 2.45) is 0 Å². The molecule has 0 fully saturated rings. The molecule has 0 bridgehead atoms. The Morgan fingerprint density at radius 3 is 1.77 bits per heavy atom. The van der Waals surface area contributed by atoms with Gasteiger partial charge in [-0.15, -0.1) is 0 Å². The third-order valence-electron chi connectivity index (χ3n) is 4.16. The van der Waals surface area contributed by atoms with E-state index >= 15 is 0 Å². The van der Waals surface area contributed by atoms with Crippen molar-refractivity contribution in [3.8, 4) is 0 Å². The normalized spacial score (nSPS) is 11.3. The van der Waals surface area contributed by atoms with Crippen molar-refractivity contribution in [2.75, 3.05) is 26.2 Å². The second-order valence-corrected chi connectivity index (χ2v) is 5.59. The van der Waals surface area contributed by atoms with Crippen molar-refractivity contribution < 1.29 is 0 Å². The SMILES string of the molecule is CCN(CC)CCCNC(c1ccccc1)c1ccccc1. The van der Waals surface area contributed by atoms with Gasteiger partial charge in [0.1, 0.15) is 0 Å². The molecule has 0 aliphatic rings. The second kappa shape index (κ2) is 9.39. The van der Waals surface area contributed by atoms with Gasteiger partial charge in [0.2, 0.25) is 0 Å². The molecule has 118 valence electrons. The van der Waals surface area contributed by atoms with Crippen molar-refractivity contribution in [3.63, 3.8) is 0 Å². The fourth-order valence-electron chi connectivity index (χ4n) is 2.81. The van der Waals surface area contributed by atoms with Crippen molar-refractivity contribution in [3.05, 3.63) is 71.8 Å². The van der Waals surface area contributed by atoms with Crippen LogP contribution in [0.3, 0.4) is 0 Å².